The number of carbonyl (C=O) groups excluding carboxylic acids is 1. The molecular formula is C16H19FN2OS. The van der Waals surface area contributed by atoms with Crippen LogP contribution in [-0.4, -0.2) is 5.91 Å². The fourth-order valence-corrected chi connectivity index (χ4v) is 3.04. The van der Waals surface area contributed by atoms with Gasteiger partial charge in [0.25, 0.3) is 5.91 Å². The van der Waals surface area contributed by atoms with Gasteiger partial charge in [-0.3, -0.25) is 4.79 Å². The summed E-state index contributed by atoms with van der Waals surface area (Å²) in [5.41, 5.74) is 6.63. The van der Waals surface area contributed by atoms with E-state index in [0.717, 1.165) is 4.88 Å². The molecule has 0 fully saturated rings. The zero-order valence-corrected chi connectivity index (χ0v) is 13.1. The lowest BCUT2D eigenvalue weighted by Gasteiger charge is -2.21. The fourth-order valence-electron chi connectivity index (χ4n) is 2.09. The molecule has 0 saturated heterocycles. The predicted molar refractivity (Wildman–Crippen MR) is 84.9 cm³/mol. The van der Waals surface area contributed by atoms with E-state index in [1.54, 1.807) is 18.3 Å². The maximum atomic E-state index is 13.7. The molecular weight excluding hydrogens is 287 g/mol. The van der Waals surface area contributed by atoms with Crippen LogP contribution in [0, 0.1) is 18.7 Å². The van der Waals surface area contributed by atoms with Crippen molar-refractivity contribution in [2.45, 2.75) is 26.8 Å². The van der Waals surface area contributed by atoms with Gasteiger partial charge in [-0.15, -0.1) is 11.3 Å². The molecule has 3 N–H and O–H groups in total. The van der Waals surface area contributed by atoms with E-state index in [2.05, 4.69) is 5.32 Å². The van der Waals surface area contributed by atoms with Gasteiger partial charge in [-0.25, -0.2) is 4.39 Å². The minimum absolute atomic E-state index is 0.0944. The molecule has 2 rings (SSSR count). The number of thiophene rings is 1. The molecule has 2 aromatic rings. The van der Waals surface area contributed by atoms with Gasteiger partial charge in [0.2, 0.25) is 0 Å². The summed E-state index contributed by atoms with van der Waals surface area (Å²) in [5.74, 6) is -0.537. The summed E-state index contributed by atoms with van der Waals surface area (Å²) in [5, 5.41) is 4.93. The van der Waals surface area contributed by atoms with Crippen molar-refractivity contribution in [3.63, 3.8) is 0 Å². The zero-order valence-electron chi connectivity index (χ0n) is 12.3. The Bertz CT molecular complexity index is 615. The second-order valence-electron chi connectivity index (χ2n) is 5.38. The Balaban J connectivity index is 2.24. The summed E-state index contributed by atoms with van der Waals surface area (Å²) < 4.78 is 13.7. The first-order valence-corrected chi connectivity index (χ1v) is 7.68. The average Bonchev–Trinajstić information content (AvgIpc) is 2.94. The van der Waals surface area contributed by atoms with Crippen LogP contribution in [0.25, 0.3) is 0 Å². The quantitative estimate of drug-likeness (QED) is 0.842. The standard InChI is InChI=1S/C16H19FN2OS/c1-9(2)15(14-5-4-6-21-14)19-16(20)11-7-12(17)10(3)13(18)8-11/h4-9,15H,18H2,1-3H3,(H,19,20). The molecule has 21 heavy (non-hydrogen) atoms. The van der Waals surface area contributed by atoms with Crippen LogP contribution in [0.4, 0.5) is 10.1 Å². The topological polar surface area (TPSA) is 55.1 Å². The summed E-state index contributed by atoms with van der Waals surface area (Å²) in [4.78, 5) is 13.4. The van der Waals surface area contributed by atoms with E-state index >= 15 is 0 Å². The number of anilines is 1. The Morgan fingerprint density at radius 3 is 2.62 bits per heavy atom. The Morgan fingerprint density at radius 2 is 2.10 bits per heavy atom. The van der Waals surface area contributed by atoms with Gasteiger partial charge in [0.15, 0.2) is 0 Å². The van der Waals surface area contributed by atoms with Gasteiger partial charge in [-0.2, -0.15) is 0 Å². The largest absolute Gasteiger partial charge is 0.398 e. The smallest absolute Gasteiger partial charge is 0.251 e. The molecule has 0 bridgehead atoms. The van der Waals surface area contributed by atoms with Crippen molar-refractivity contribution in [2.75, 3.05) is 5.73 Å². The third-order valence-corrected chi connectivity index (χ3v) is 4.41. The number of nitrogens with two attached hydrogens (primary N) is 1. The van der Waals surface area contributed by atoms with Crippen LogP contribution in [-0.2, 0) is 0 Å². The highest BCUT2D eigenvalue weighted by molar-refractivity contribution is 7.10. The van der Waals surface area contributed by atoms with E-state index in [-0.39, 0.29) is 29.1 Å². The second-order valence-corrected chi connectivity index (χ2v) is 6.36. The molecule has 112 valence electrons. The third kappa shape index (κ3) is 3.42. The molecule has 0 saturated carbocycles. The lowest BCUT2D eigenvalue weighted by molar-refractivity contribution is 0.0926. The summed E-state index contributed by atoms with van der Waals surface area (Å²) in [6.45, 7) is 5.67. The summed E-state index contributed by atoms with van der Waals surface area (Å²) in [7, 11) is 0. The summed E-state index contributed by atoms with van der Waals surface area (Å²) in [6, 6.07) is 6.58. The SMILES string of the molecule is Cc1c(N)cc(C(=O)NC(c2cccs2)C(C)C)cc1F. The molecule has 1 aromatic heterocycles. The molecule has 0 aliphatic rings. The van der Waals surface area contributed by atoms with Gasteiger partial charge in [-0.1, -0.05) is 19.9 Å². The molecule has 1 amide bonds. The number of halogens is 1. The maximum Gasteiger partial charge on any atom is 0.251 e. The normalized spacial score (nSPS) is 12.4. The zero-order chi connectivity index (χ0) is 15.6. The van der Waals surface area contributed by atoms with Crippen LogP contribution in [0.1, 0.15) is 40.7 Å². The van der Waals surface area contributed by atoms with E-state index in [4.69, 9.17) is 5.73 Å². The number of nitrogens with one attached hydrogen (secondary N) is 1. The first kappa shape index (κ1) is 15.5. The number of benzene rings is 1. The first-order chi connectivity index (χ1) is 9.90. The van der Waals surface area contributed by atoms with Crippen molar-refractivity contribution < 1.29 is 9.18 Å². The molecule has 1 atom stereocenters. The van der Waals surface area contributed by atoms with Crippen molar-refractivity contribution in [2.24, 2.45) is 5.92 Å². The first-order valence-electron chi connectivity index (χ1n) is 6.80. The van der Waals surface area contributed by atoms with Crippen molar-refractivity contribution in [1.29, 1.82) is 0 Å². The van der Waals surface area contributed by atoms with Gasteiger partial charge < -0.3 is 11.1 Å². The highest BCUT2D eigenvalue weighted by Gasteiger charge is 2.21. The lowest BCUT2D eigenvalue weighted by atomic mass is 10.0. The highest BCUT2D eigenvalue weighted by atomic mass is 32.1. The third-order valence-electron chi connectivity index (χ3n) is 3.45. The van der Waals surface area contributed by atoms with Gasteiger partial charge in [0, 0.05) is 21.7 Å². The van der Waals surface area contributed by atoms with E-state index in [9.17, 15) is 9.18 Å². The summed E-state index contributed by atoms with van der Waals surface area (Å²) in [6.07, 6.45) is 0. The van der Waals surface area contributed by atoms with Gasteiger partial charge in [-0.05, 0) is 36.4 Å². The number of hydrogen-bond acceptors (Lipinski definition) is 3. The Labute approximate surface area is 128 Å². The molecule has 1 aromatic carbocycles. The van der Waals surface area contributed by atoms with Crippen LogP contribution < -0.4 is 11.1 Å². The molecule has 0 spiro atoms. The van der Waals surface area contributed by atoms with E-state index in [0.29, 0.717) is 5.56 Å². The molecule has 0 radical (unpaired) electrons. The van der Waals surface area contributed by atoms with Crippen LogP contribution in [0.15, 0.2) is 29.6 Å². The minimum atomic E-state index is -0.461. The number of hydrogen-bond donors (Lipinski definition) is 2. The molecule has 0 aliphatic carbocycles. The maximum absolute atomic E-state index is 13.7. The fraction of sp³-hybridized carbons (Fsp3) is 0.312. The van der Waals surface area contributed by atoms with Crippen LogP contribution in [0.3, 0.4) is 0 Å². The van der Waals surface area contributed by atoms with Crippen LogP contribution in [0.2, 0.25) is 0 Å². The van der Waals surface area contributed by atoms with Gasteiger partial charge in [0.05, 0.1) is 6.04 Å². The van der Waals surface area contributed by atoms with Crippen molar-refractivity contribution in [1.82, 2.24) is 5.32 Å². The highest BCUT2D eigenvalue weighted by Crippen LogP contribution is 2.26. The molecule has 1 heterocycles. The molecule has 1 unspecified atom stereocenters. The number of amides is 1. The van der Waals surface area contributed by atoms with Crippen molar-refractivity contribution >= 4 is 22.9 Å². The van der Waals surface area contributed by atoms with E-state index in [1.807, 2.05) is 31.4 Å². The molecule has 0 aliphatic heterocycles. The predicted octanol–water partition coefficient (Wildman–Crippen LogP) is 3.90. The van der Waals surface area contributed by atoms with Crippen LogP contribution >= 0.6 is 11.3 Å². The van der Waals surface area contributed by atoms with Gasteiger partial charge in [0.1, 0.15) is 5.82 Å². The van der Waals surface area contributed by atoms with E-state index < -0.39 is 5.82 Å². The molecule has 3 nitrogen and oxygen atoms in total. The molecule has 5 heteroatoms. The van der Waals surface area contributed by atoms with Gasteiger partial charge >= 0.3 is 0 Å². The Hall–Kier alpha value is -1.88. The number of rotatable bonds is 4. The average molecular weight is 306 g/mol. The Morgan fingerprint density at radius 1 is 1.38 bits per heavy atom. The van der Waals surface area contributed by atoms with E-state index in [1.165, 1.54) is 12.1 Å². The monoisotopic (exact) mass is 306 g/mol. The number of nitrogen functional groups attached to an aromatic ring is 1. The van der Waals surface area contributed by atoms with Crippen molar-refractivity contribution in [3.05, 3.63) is 51.5 Å². The lowest BCUT2D eigenvalue weighted by Crippen LogP contribution is -2.31. The summed E-state index contributed by atoms with van der Waals surface area (Å²) >= 11 is 1.59. The Kier molecular flexibility index (Phi) is 4.63. The second kappa shape index (κ2) is 6.26. The van der Waals surface area contributed by atoms with Crippen molar-refractivity contribution in [3.8, 4) is 0 Å². The minimum Gasteiger partial charge on any atom is -0.398 e. The van der Waals surface area contributed by atoms with Crippen LogP contribution in [0.5, 0.6) is 0 Å². The number of carbonyl (C=O) groups is 1.